The molecule has 0 aliphatic heterocycles. The minimum atomic E-state index is -0.546. The lowest BCUT2D eigenvalue weighted by Crippen LogP contribution is -2.07. The van der Waals surface area contributed by atoms with Crippen LogP contribution in [0.25, 0.3) is 22.2 Å². The summed E-state index contributed by atoms with van der Waals surface area (Å²) in [5.74, 6) is -0.905. The molecule has 0 bridgehead atoms. The van der Waals surface area contributed by atoms with Gasteiger partial charge in [-0.15, -0.1) is 0 Å². The quantitative estimate of drug-likeness (QED) is 0.257. The third-order valence-electron chi connectivity index (χ3n) is 4.59. The Morgan fingerprint density at radius 1 is 1.00 bits per heavy atom. The summed E-state index contributed by atoms with van der Waals surface area (Å²) in [6.45, 7) is -0.0284. The molecule has 0 saturated carbocycles. The Morgan fingerprint density at radius 2 is 1.70 bits per heavy atom. The number of nitrogens with zero attached hydrogens (tertiary/aromatic N) is 2. The van der Waals surface area contributed by atoms with E-state index in [1.165, 1.54) is 24.3 Å². The molecule has 0 unspecified atom stereocenters. The first-order valence-corrected chi connectivity index (χ1v) is 9.07. The molecule has 0 N–H and O–H groups in total. The second kappa shape index (κ2) is 8.08. The Balaban J connectivity index is 1.64. The first kappa shape index (κ1) is 19.2. The van der Waals surface area contributed by atoms with Gasteiger partial charge in [-0.3, -0.25) is 10.1 Å². The molecule has 30 heavy (non-hydrogen) atoms. The lowest BCUT2D eigenvalue weighted by atomic mass is 10.0. The van der Waals surface area contributed by atoms with E-state index in [-0.39, 0.29) is 18.1 Å². The highest BCUT2D eigenvalue weighted by Crippen LogP contribution is 2.26. The summed E-state index contributed by atoms with van der Waals surface area (Å²) < 4.78 is 18.7. The van der Waals surface area contributed by atoms with Crippen molar-refractivity contribution < 1.29 is 18.8 Å². The number of non-ortho nitro benzene ring substituents is 1. The van der Waals surface area contributed by atoms with E-state index in [0.29, 0.717) is 33.3 Å². The molecule has 7 heteroatoms. The second-order valence-corrected chi connectivity index (χ2v) is 6.58. The summed E-state index contributed by atoms with van der Waals surface area (Å²) in [5, 5.41) is 11.4. The number of carbonyl (C=O) groups excluding carboxylic acids is 1. The zero-order chi connectivity index (χ0) is 21.1. The Bertz CT molecular complexity index is 1240. The van der Waals surface area contributed by atoms with Gasteiger partial charge in [-0.2, -0.15) is 0 Å². The Labute approximate surface area is 170 Å². The molecule has 1 aromatic heterocycles. The molecule has 1 heterocycles. The van der Waals surface area contributed by atoms with Crippen molar-refractivity contribution in [3.8, 4) is 11.3 Å². The number of para-hydroxylation sites is 1. The number of carbonyl (C=O) groups is 1. The van der Waals surface area contributed by atoms with Gasteiger partial charge in [0.15, 0.2) is 0 Å². The number of fused-ring (bicyclic) bond motifs is 1. The third kappa shape index (κ3) is 4.00. The van der Waals surface area contributed by atoms with Crippen LogP contribution in [0.2, 0.25) is 0 Å². The van der Waals surface area contributed by atoms with E-state index < -0.39 is 10.9 Å². The Kier molecular flexibility index (Phi) is 5.17. The van der Waals surface area contributed by atoms with Crippen LogP contribution in [0, 0.1) is 15.9 Å². The number of rotatable bonds is 5. The molecule has 148 valence electrons. The van der Waals surface area contributed by atoms with Gasteiger partial charge in [-0.05, 0) is 54.1 Å². The summed E-state index contributed by atoms with van der Waals surface area (Å²) >= 11 is 0. The first-order chi connectivity index (χ1) is 14.5. The maximum Gasteiger partial charge on any atom is 0.339 e. The minimum absolute atomic E-state index is 0.0284. The topological polar surface area (TPSA) is 82.3 Å². The van der Waals surface area contributed by atoms with E-state index in [0.717, 1.165) is 0 Å². The van der Waals surface area contributed by atoms with Crippen LogP contribution in [-0.4, -0.2) is 15.9 Å². The number of nitro groups is 1. The SMILES string of the molecule is O=C(OCc1ccc([N+](=O)[O-])cc1)c1cc(-c2ccc(F)cc2)nc2ccccc12. The zero-order valence-corrected chi connectivity index (χ0v) is 15.6. The molecule has 3 aromatic carbocycles. The molecule has 0 spiro atoms. The predicted molar refractivity (Wildman–Crippen MR) is 109 cm³/mol. The van der Waals surface area contributed by atoms with Gasteiger partial charge in [0.1, 0.15) is 12.4 Å². The number of hydrogen-bond donors (Lipinski definition) is 0. The maximum atomic E-state index is 13.3. The minimum Gasteiger partial charge on any atom is -0.457 e. The van der Waals surface area contributed by atoms with Crippen molar-refractivity contribution in [3.05, 3.63) is 106 Å². The Morgan fingerprint density at radius 3 is 2.40 bits per heavy atom. The molecular formula is C23H15FN2O4. The highest BCUT2D eigenvalue weighted by molar-refractivity contribution is 6.04. The van der Waals surface area contributed by atoms with Crippen molar-refractivity contribution in [2.24, 2.45) is 0 Å². The second-order valence-electron chi connectivity index (χ2n) is 6.58. The first-order valence-electron chi connectivity index (χ1n) is 9.07. The number of benzene rings is 3. The zero-order valence-electron chi connectivity index (χ0n) is 15.6. The lowest BCUT2D eigenvalue weighted by molar-refractivity contribution is -0.384. The van der Waals surface area contributed by atoms with Gasteiger partial charge in [0.2, 0.25) is 0 Å². The van der Waals surface area contributed by atoms with Crippen molar-refractivity contribution in [2.75, 3.05) is 0 Å². The van der Waals surface area contributed by atoms with Gasteiger partial charge in [0.25, 0.3) is 5.69 Å². The number of esters is 1. The average molecular weight is 402 g/mol. The van der Waals surface area contributed by atoms with Gasteiger partial charge in [-0.25, -0.2) is 14.2 Å². The molecule has 4 rings (SSSR count). The number of pyridine rings is 1. The maximum absolute atomic E-state index is 13.3. The standard InChI is InChI=1S/C23H15FN2O4/c24-17-9-7-16(8-10-17)22-13-20(19-3-1-2-4-21(19)25-22)23(27)30-14-15-5-11-18(12-6-15)26(28)29/h1-13H,14H2. The highest BCUT2D eigenvalue weighted by Gasteiger charge is 2.16. The van der Waals surface area contributed by atoms with Crippen LogP contribution in [0.15, 0.2) is 78.9 Å². The van der Waals surface area contributed by atoms with Crippen molar-refractivity contribution >= 4 is 22.6 Å². The molecule has 0 fully saturated rings. The summed E-state index contributed by atoms with van der Waals surface area (Å²) in [4.78, 5) is 27.7. The van der Waals surface area contributed by atoms with Crippen LogP contribution in [0.3, 0.4) is 0 Å². The molecule has 0 atom stereocenters. The third-order valence-corrected chi connectivity index (χ3v) is 4.59. The summed E-state index contributed by atoms with van der Waals surface area (Å²) in [6.07, 6.45) is 0. The van der Waals surface area contributed by atoms with Gasteiger partial charge < -0.3 is 4.74 Å². The highest BCUT2D eigenvalue weighted by atomic mass is 19.1. The molecule has 0 saturated heterocycles. The van der Waals surface area contributed by atoms with Crippen molar-refractivity contribution in [3.63, 3.8) is 0 Å². The molecule has 0 aliphatic carbocycles. The molecule has 6 nitrogen and oxygen atoms in total. The van der Waals surface area contributed by atoms with E-state index in [1.807, 2.05) is 6.07 Å². The molecule has 0 aliphatic rings. The van der Waals surface area contributed by atoms with Crippen LogP contribution >= 0.6 is 0 Å². The van der Waals surface area contributed by atoms with Crippen molar-refractivity contribution in [1.29, 1.82) is 0 Å². The van der Waals surface area contributed by atoms with Crippen LogP contribution in [0.1, 0.15) is 15.9 Å². The van der Waals surface area contributed by atoms with E-state index >= 15 is 0 Å². The van der Waals surface area contributed by atoms with Gasteiger partial charge >= 0.3 is 5.97 Å². The predicted octanol–water partition coefficient (Wildman–Crippen LogP) is 5.31. The summed E-state index contributed by atoms with van der Waals surface area (Å²) in [7, 11) is 0. The fourth-order valence-electron chi connectivity index (χ4n) is 3.05. The molecule has 0 amide bonds. The van der Waals surface area contributed by atoms with Crippen LogP contribution < -0.4 is 0 Å². The van der Waals surface area contributed by atoms with Crippen molar-refractivity contribution in [1.82, 2.24) is 4.98 Å². The number of ether oxygens (including phenoxy) is 1. The van der Waals surface area contributed by atoms with Crippen LogP contribution in [0.4, 0.5) is 10.1 Å². The van der Waals surface area contributed by atoms with E-state index in [1.54, 1.807) is 48.5 Å². The molecule has 0 radical (unpaired) electrons. The monoisotopic (exact) mass is 402 g/mol. The van der Waals surface area contributed by atoms with E-state index in [2.05, 4.69) is 4.98 Å². The lowest BCUT2D eigenvalue weighted by Gasteiger charge is -2.10. The van der Waals surface area contributed by atoms with Gasteiger partial charge in [0.05, 0.1) is 21.7 Å². The molecular weight excluding hydrogens is 387 g/mol. The summed E-state index contributed by atoms with van der Waals surface area (Å²) in [5.41, 5.74) is 2.74. The normalized spacial score (nSPS) is 10.7. The smallest absolute Gasteiger partial charge is 0.339 e. The number of hydrogen-bond acceptors (Lipinski definition) is 5. The Hall–Kier alpha value is -4.13. The van der Waals surface area contributed by atoms with Gasteiger partial charge in [-0.1, -0.05) is 18.2 Å². The van der Waals surface area contributed by atoms with Gasteiger partial charge in [0, 0.05) is 23.1 Å². The summed E-state index contributed by atoms with van der Waals surface area (Å²) in [6, 6.07) is 20.5. The van der Waals surface area contributed by atoms with Crippen molar-refractivity contribution in [2.45, 2.75) is 6.61 Å². The van der Waals surface area contributed by atoms with Crippen LogP contribution in [-0.2, 0) is 11.3 Å². The number of nitro benzene ring substituents is 1. The fourth-order valence-corrected chi connectivity index (χ4v) is 3.05. The van der Waals surface area contributed by atoms with Crippen LogP contribution in [0.5, 0.6) is 0 Å². The largest absolute Gasteiger partial charge is 0.457 e. The number of halogens is 1. The fraction of sp³-hybridized carbons (Fsp3) is 0.0435. The number of aromatic nitrogens is 1. The molecule has 4 aromatic rings. The van der Waals surface area contributed by atoms with E-state index in [9.17, 15) is 19.3 Å². The van der Waals surface area contributed by atoms with E-state index in [4.69, 9.17) is 4.74 Å². The average Bonchev–Trinajstić information content (AvgIpc) is 2.77.